The van der Waals surface area contributed by atoms with E-state index in [2.05, 4.69) is 10.6 Å². The Kier molecular flexibility index (Phi) is 7.47. The molecule has 5 rings (SSSR count). The van der Waals surface area contributed by atoms with E-state index in [-0.39, 0.29) is 12.2 Å². The van der Waals surface area contributed by atoms with Crippen molar-refractivity contribution in [2.24, 2.45) is 0 Å². The molecule has 0 saturated carbocycles. The second-order valence-corrected chi connectivity index (χ2v) is 12.7. The highest BCUT2D eigenvalue weighted by Crippen LogP contribution is 2.30. The quantitative estimate of drug-likeness (QED) is 0.253. The number of Topliss-reactive ketones (excluding diaryl/α,β-unsaturated/α-hetero) is 1. The molecule has 220 valence electrons. The fourth-order valence-electron chi connectivity index (χ4n) is 5.39. The van der Waals surface area contributed by atoms with Crippen molar-refractivity contribution in [1.29, 1.82) is 0 Å². The summed E-state index contributed by atoms with van der Waals surface area (Å²) in [5.74, 6) is -0.966. The normalized spacial score (nSPS) is 13.3. The zero-order valence-electron chi connectivity index (χ0n) is 25.0. The number of aromatic nitrogens is 2. The van der Waals surface area contributed by atoms with Crippen LogP contribution in [0.1, 0.15) is 69.4 Å². The molecule has 0 radical (unpaired) electrons. The summed E-state index contributed by atoms with van der Waals surface area (Å²) in [7, 11) is 0. The fraction of sp³-hybridized carbons (Fsp3) is 0.394. The Morgan fingerprint density at radius 3 is 2.26 bits per heavy atom. The van der Waals surface area contributed by atoms with Crippen LogP contribution in [0.4, 0.5) is 9.59 Å². The van der Waals surface area contributed by atoms with Gasteiger partial charge < -0.3 is 14.0 Å². The Balaban J connectivity index is 1.47. The van der Waals surface area contributed by atoms with Crippen LogP contribution in [0, 0.1) is 0 Å². The molecule has 1 aliphatic rings. The molecule has 0 spiro atoms. The zero-order valence-corrected chi connectivity index (χ0v) is 25.0. The lowest BCUT2D eigenvalue weighted by Gasteiger charge is -2.25. The topological polar surface area (TPSA) is 99.8 Å². The molecule has 0 bridgehead atoms. The summed E-state index contributed by atoms with van der Waals surface area (Å²) in [4.78, 5) is 54.7. The number of carbonyl (C=O) groups is 4. The number of ketones is 1. The van der Waals surface area contributed by atoms with E-state index in [0.29, 0.717) is 22.0 Å². The third-order valence-electron chi connectivity index (χ3n) is 7.07. The molecule has 4 aromatic rings. The van der Waals surface area contributed by atoms with E-state index in [1.165, 1.54) is 10.1 Å². The Morgan fingerprint density at radius 1 is 0.857 bits per heavy atom. The van der Waals surface area contributed by atoms with Gasteiger partial charge in [0.1, 0.15) is 11.2 Å². The van der Waals surface area contributed by atoms with Gasteiger partial charge >= 0.3 is 12.2 Å². The lowest BCUT2D eigenvalue weighted by molar-refractivity contribution is -0.129. The van der Waals surface area contributed by atoms with Crippen molar-refractivity contribution in [3.8, 4) is 0 Å². The van der Waals surface area contributed by atoms with Crippen LogP contribution in [0.15, 0.2) is 54.9 Å². The van der Waals surface area contributed by atoms with Crippen LogP contribution in [0.3, 0.4) is 0 Å². The summed E-state index contributed by atoms with van der Waals surface area (Å²) in [6.07, 6.45) is 3.59. The van der Waals surface area contributed by atoms with Crippen LogP contribution in [0.25, 0.3) is 21.8 Å². The number of imide groups is 1. The molecule has 2 amide bonds. The van der Waals surface area contributed by atoms with E-state index in [1.54, 1.807) is 65.9 Å². The number of rotatable bonds is 5. The third-order valence-corrected chi connectivity index (χ3v) is 7.07. The summed E-state index contributed by atoms with van der Waals surface area (Å²) in [6, 6.07) is 13.1. The number of hydrogen-bond acceptors (Lipinski definition) is 6. The highest BCUT2D eigenvalue weighted by Gasteiger charge is 2.32. The van der Waals surface area contributed by atoms with Crippen molar-refractivity contribution in [3.05, 3.63) is 71.5 Å². The van der Waals surface area contributed by atoms with E-state index in [1.807, 2.05) is 24.4 Å². The van der Waals surface area contributed by atoms with Crippen LogP contribution in [0.5, 0.6) is 0 Å². The minimum atomic E-state index is -0.898. The van der Waals surface area contributed by atoms with E-state index >= 15 is 0 Å². The van der Waals surface area contributed by atoms with Gasteiger partial charge in [0.2, 0.25) is 5.91 Å². The van der Waals surface area contributed by atoms with Gasteiger partial charge in [0, 0.05) is 35.3 Å². The average molecular weight is 572 g/mol. The van der Waals surface area contributed by atoms with E-state index < -0.39 is 35.8 Å². The number of nitrogens with zero attached hydrogens (tertiary/aromatic N) is 3. The van der Waals surface area contributed by atoms with Gasteiger partial charge in [0.05, 0.1) is 24.0 Å². The first-order chi connectivity index (χ1) is 19.7. The molecule has 1 aliphatic heterocycles. The monoisotopic (exact) mass is 571 g/mol. The minimum absolute atomic E-state index is 0.227. The highest BCUT2D eigenvalue weighted by molar-refractivity contribution is 6.12. The summed E-state index contributed by atoms with van der Waals surface area (Å²) in [5, 5.41) is 1.48. The molecule has 0 atom stereocenters. The number of amides is 2. The summed E-state index contributed by atoms with van der Waals surface area (Å²) in [6.45, 7) is 10.8. The smallest absolute Gasteiger partial charge is 0.419 e. The predicted molar refractivity (Wildman–Crippen MR) is 160 cm³/mol. The SMILES string of the molecule is CC(C)(C)OC(=O)N(CC(=O)c1cn2c3c(cccc13)CCC2)C(=O)Cc1cn(C(=O)OC(C)(C)C)c2ccccc12. The molecule has 2 aromatic carbocycles. The molecular weight excluding hydrogens is 534 g/mol. The second kappa shape index (κ2) is 10.8. The summed E-state index contributed by atoms with van der Waals surface area (Å²) in [5.41, 5.74) is 2.18. The van der Waals surface area contributed by atoms with Crippen molar-refractivity contribution in [2.75, 3.05) is 6.54 Å². The van der Waals surface area contributed by atoms with Gasteiger partial charge in [0.15, 0.2) is 5.78 Å². The minimum Gasteiger partial charge on any atom is -0.443 e. The van der Waals surface area contributed by atoms with Gasteiger partial charge in [0.25, 0.3) is 0 Å². The number of ether oxygens (including phenoxy) is 2. The summed E-state index contributed by atoms with van der Waals surface area (Å²) < 4.78 is 14.6. The fourth-order valence-corrected chi connectivity index (χ4v) is 5.39. The van der Waals surface area contributed by atoms with Crippen LogP contribution in [0.2, 0.25) is 0 Å². The van der Waals surface area contributed by atoms with Crippen LogP contribution >= 0.6 is 0 Å². The molecule has 0 unspecified atom stereocenters. The molecule has 0 N–H and O–H groups in total. The maximum absolute atomic E-state index is 13.8. The van der Waals surface area contributed by atoms with Crippen molar-refractivity contribution in [2.45, 2.75) is 78.6 Å². The molecule has 9 heteroatoms. The number of para-hydroxylation sites is 2. The van der Waals surface area contributed by atoms with E-state index in [4.69, 9.17) is 9.47 Å². The zero-order chi connectivity index (χ0) is 30.4. The lowest BCUT2D eigenvalue weighted by atomic mass is 10.0. The summed E-state index contributed by atoms with van der Waals surface area (Å²) >= 11 is 0. The van der Waals surface area contributed by atoms with Crippen LogP contribution in [-0.4, -0.2) is 55.7 Å². The van der Waals surface area contributed by atoms with Crippen molar-refractivity contribution >= 4 is 45.7 Å². The Hall–Kier alpha value is -4.40. The molecule has 0 aliphatic carbocycles. The van der Waals surface area contributed by atoms with Crippen molar-refractivity contribution < 1.29 is 28.7 Å². The van der Waals surface area contributed by atoms with Crippen molar-refractivity contribution in [3.63, 3.8) is 0 Å². The molecule has 0 saturated heterocycles. The average Bonchev–Trinajstić information content (AvgIpc) is 3.46. The van der Waals surface area contributed by atoms with Gasteiger partial charge in [-0.25, -0.2) is 14.5 Å². The third kappa shape index (κ3) is 5.95. The number of hydrogen-bond donors (Lipinski definition) is 0. The predicted octanol–water partition coefficient (Wildman–Crippen LogP) is 6.51. The molecule has 0 fully saturated rings. The van der Waals surface area contributed by atoms with Crippen LogP contribution < -0.4 is 0 Å². The molecule has 3 heterocycles. The Morgan fingerprint density at radius 2 is 1.55 bits per heavy atom. The van der Waals surface area contributed by atoms with Crippen molar-refractivity contribution in [1.82, 2.24) is 14.0 Å². The standard InChI is InChI=1S/C33H37N3O6/c1-32(2,3)41-30(39)35-18-22(23-13-7-8-15-26(23)35)17-28(38)36(31(40)42-33(4,5)6)20-27(37)25-19-34-16-10-12-21-11-9-14-24(25)29(21)34/h7-9,11,13-15,18-19H,10,12,16-17,20H2,1-6H3. The molecule has 42 heavy (non-hydrogen) atoms. The molecular formula is C33H37N3O6. The first kappa shape index (κ1) is 29.1. The van der Waals surface area contributed by atoms with Gasteiger partial charge in [-0.1, -0.05) is 36.4 Å². The van der Waals surface area contributed by atoms with Gasteiger partial charge in [-0.2, -0.15) is 0 Å². The molecule has 2 aromatic heterocycles. The first-order valence-corrected chi connectivity index (χ1v) is 14.2. The Bertz CT molecular complexity index is 1710. The van der Waals surface area contributed by atoms with Gasteiger partial charge in [-0.15, -0.1) is 0 Å². The number of fused-ring (bicyclic) bond motifs is 1. The first-order valence-electron chi connectivity index (χ1n) is 14.2. The van der Waals surface area contributed by atoms with Gasteiger partial charge in [-0.05, 0) is 71.6 Å². The molecule has 9 nitrogen and oxygen atoms in total. The lowest BCUT2D eigenvalue weighted by Crippen LogP contribution is -2.44. The van der Waals surface area contributed by atoms with Gasteiger partial charge in [-0.3, -0.25) is 14.2 Å². The Labute approximate surface area is 245 Å². The van der Waals surface area contributed by atoms with E-state index in [9.17, 15) is 19.2 Å². The highest BCUT2D eigenvalue weighted by atomic mass is 16.6. The number of carbonyl (C=O) groups excluding carboxylic acids is 4. The number of benzene rings is 2. The maximum Gasteiger partial charge on any atom is 0.419 e. The van der Waals surface area contributed by atoms with E-state index in [0.717, 1.165) is 35.2 Å². The maximum atomic E-state index is 13.8. The van der Waals surface area contributed by atoms with Crippen LogP contribution in [-0.2, 0) is 33.7 Å². The second-order valence-electron chi connectivity index (χ2n) is 12.7. The number of aryl methyl sites for hydroxylation is 2. The largest absolute Gasteiger partial charge is 0.443 e.